The second-order valence-electron chi connectivity index (χ2n) is 7.63. The van der Waals surface area contributed by atoms with E-state index in [2.05, 4.69) is 10.6 Å². The van der Waals surface area contributed by atoms with Gasteiger partial charge in [-0.05, 0) is 35.7 Å². The molecule has 0 saturated carbocycles. The molecule has 0 aliphatic carbocycles. The topological polar surface area (TPSA) is 105 Å². The number of Topliss-reactive ketones (excluding diaryl/α,β-unsaturated/α-hetero) is 1. The lowest BCUT2D eigenvalue weighted by atomic mass is 10.0. The fourth-order valence-corrected chi connectivity index (χ4v) is 3.29. The van der Waals surface area contributed by atoms with E-state index < -0.39 is 23.9 Å². The maximum Gasteiger partial charge on any atom is 0.408 e. The average Bonchev–Trinajstić information content (AvgIpc) is 2.84. The van der Waals surface area contributed by atoms with Gasteiger partial charge in [-0.1, -0.05) is 60.7 Å². The van der Waals surface area contributed by atoms with E-state index in [-0.39, 0.29) is 43.0 Å². The number of carbonyl (C=O) groups is 3. The SMILES string of the molecule is O=C(N[C@@H](Cc1ccccc1)C(=O)CNCc1cc(C(=O)O)ccc1F)OCc1ccccc1. The van der Waals surface area contributed by atoms with Crippen molar-refractivity contribution in [3.05, 3.63) is 107 Å². The first-order valence-electron chi connectivity index (χ1n) is 10.7. The second-order valence-corrected chi connectivity index (χ2v) is 7.63. The van der Waals surface area contributed by atoms with Crippen LogP contribution in [0.3, 0.4) is 0 Å². The standard InChI is InChI=1S/C26H25FN2O5/c27-22-12-11-20(25(31)32)14-21(22)15-28-16-24(30)23(13-18-7-3-1-4-8-18)29-26(33)34-17-19-9-5-2-6-10-19/h1-12,14,23,28H,13,15-17H2,(H,29,33)(H,31,32)/t23-/m0/s1. The molecular weight excluding hydrogens is 439 g/mol. The number of amides is 1. The molecule has 0 spiro atoms. The minimum Gasteiger partial charge on any atom is -0.478 e. The Kier molecular flexibility index (Phi) is 8.88. The Morgan fingerprint density at radius 1 is 0.912 bits per heavy atom. The number of alkyl carbamates (subject to hydrolysis) is 1. The van der Waals surface area contributed by atoms with Crippen LogP contribution >= 0.6 is 0 Å². The van der Waals surface area contributed by atoms with E-state index in [1.165, 1.54) is 12.1 Å². The summed E-state index contributed by atoms with van der Waals surface area (Å²) in [6, 6.07) is 21.0. The van der Waals surface area contributed by atoms with Crippen LogP contribution in [-0.4, -0.2) is 35.5 Å². The molecule has 8 heteroatoms. The van der Waals surface area contributed by atoms with Crippen molar-refractivity contribution < 1.29 is 28.6 Å². The van der Waals surface area contributed by atoms with Gasteiger partial charge in [0.05, 0.1) is 18.2 Å². The molecule has 0 aromatic heterocycles. The van der Waals surface area contributed by atoms with Crippen LogP contribution in [0.2, 0.25) is 0 Å². The second kappa shape index (κ2) is 12.3. The number of hydrogen-bond acceptors (Lipinski definition) is 5. The van der Waals surface area contributed by atoms with Crippen molar-refractivity contribution in [2.45, 2.75) is 25.6 Å². The van der Waals surface area contributed by atoms with E-state index in [0.717, 1.165) is 17.2 Å². The summed E-state index contributed by atoms with van der Waals surface area (Å²) in [7, 11) is 0. The molecule has 3 rings (SSSR count). The molecule has 34 heavy (non-hydrogen) atoms. The molecule has 0 aliphatic heterocycles. The Hall–Kier alpha value is -4.04. The zero-order chi connectivity index (χ0) is 24.3. The van der Waals surface area contributed by atoms with Crippen LogP contribution in [0, 0.1) is 5.82 Å². The van der Waals surface area contributed by atoms with Crippen LogP contribution < -0.4 is 10.6 Å². The van der Waals surface area contributed by atoms with E-state index in [1.54, 1.807) is 0 Å². The van der Waals surface area contributed by atoms with Gasteiger partial charge in [-0.25, -0.2) is 14.0 Å². The summed E-state index contributed by atoms with van der Waals surface area (Å²) in [5, 5.41) is 14.5. The van der Waals surface area contributed by atoms with Gasteiger partial charge >= 0.3 is 12.1 Å². The van der Waals surface area contributed by atoms with Gasteiger partial charge in [0.15, 0.2) is 5.78 Å². The monoisotopic (exact) mass is 464 g/mol. The number of hydrogen-bond donors (Lipinski definition) is 3. The molecule has 7 nitrogen and oxygen atoms in total. The van der Waals surface area contributed by atoms with Gasteiger partial charge in [0.25, 0.3) is 0 Å². The smallest absolute Gasteiger partial charge is 0.408 e. The lowest BCUT2D eigenvalue weighted by Gasteiger charge is -2.18. The fraction of sp³-hybridized carbons (Fsp3) is 0.192. The third-order valence-electron chi connectivity index (χ3n) is 5.08. The molecule has 0 saturated heterocycles. The van der Waals surface area contributed by atoms with Crippen LogP contribution in [0.5, 0.6) is 0 Å². The third kappa shape index (κ3) is 7.53. The Morgan fingerprint density at radius 3 is 2.21 bits per heavy atom. The largest absolute Gasteiger partial charge is 0.478 e. The highest BCUT2D eigenvalue weighted by Gasteiger charge is 2.22. The highest BCUT2D eigenvalue weighted by molar-refractivity contribution is 5.89. The maximum absolute atomic E-state index is 14.0. The minimum atomic E-state index is -1.17. The minimum absolute atomic E-state index is 0.0464. The van der Waals surface area contributed by atoms with Gasteiger partial charge in [-0.3, -0.25) is 4.79 Å². The molecule has 3 aromatic carbocycles. The lowest BCUT2D eigenvalue weighted by Crippen LogP contribution is -2.46. The normalized spacial score (nSPS) is 11.4. The number of nitrogens with one attached hydrogen (secondary N) is 2. The number of benzene rings is 3. The molecule has 0 unspecified atom stereocenters. The van der Waals surface area contributed by atoms with Crippen molar-refractivity contribution in [3.63, 3.8) is 0 Å². The zero-order valence-corrected chi connectivity index (χ0v) is 18.4. The summed E-state index contributed by atoms with van der Waals surface area (Å²) in [4.78, 5) is 36.3. The molecule has 176 valence electrons. The average molecular weight is 464 g/mol. The molecule has 1 atom stereocenters. The van der Waals surface area contributed by atoms with Crippen LogP contribution in [0.4, 0.5) is 9.18 Å². The summed E-state index contributed by atoms with van der Waals surface area (Å²) >= 11 is 0. The molecular formula is C26H25FN2O5. The number of ketones is 1. The van der Waals surface area contributed by atoms with E-state index >= 15 is 0 Å². The molecule has 0 bridgehead atoms. The first kappa shape index (κ1) is 24.6. The van der Waals surface area contributed by atoms with Crippen LogP contribution in [0.1, 0.15) is 27.0 Å². The van der Waals surface area contributed by atoms with Gasteiger partial charge in [0.1, 0.15) is 12.4 Å². The molecule has 0 heterocycles. The van der Waals surface area contributed by atoms with Crippen molar-refractivity contribution in [1.82, 2.24) is 10.6 Å². The predicted octanol–water partition coefficient (Wildman–Crippen LogP) is 3.72. The summed E-state index contributed by atoms with van der Waals surface area (Å²) in [6.07, 6.45) is -0.469. The number of ether oxygens (including phenoxy) is 1. The Morgan fingerprint density at radius 2 is 1.56 bits per heavy atom. The fourth-order valence-electron chi connectivity index (χ4n) is 3.29. The predicted molar refractivity (Wildman–Crippen MR) is 124 cm³/mol. The molecule has 1 amide bonds. The van der Waals surface area contributed by atoms with Gasteiger partial charge in [0, 0.05) is 12.1 Å². The number of carbonyl (C=O) groups excluding carboxylic acids is 2. The number of halogens is 1. The molecule has 3 aromatic rings. The number of aromatic carboxylic acids is 1. The quantitative estimate of drug-likeness (QED) is 0.400. The summed E-state index contributed by atoms with van der Waals surface area (Å²) in [6.45, 7) is -0.140. The first-order chi connectivity index (χ1) is 16.4. The van der Waals surface area contributed by atoms with Crippen LogP contribution in [0.15, 0.2) is 78.9 Å². The molecule has 0 fully saturated rings. The number of carboxylic acid groups (broad SMARTS) is 1. The maximum atomic E-state index is 14.0. The van der Waals surface area contributed by atoms with Gasteiger partial charge in [-0.2, -0.15) is 0 Å². The van der Waals surface area contributed by atoms with Crippen molar-refractivity contribution in [1.29, 1.82) is 0 Å². The molecule has 0 aliphatic rings. The van der Waals surface area contributed by atoms with E-state index in [9.17, 15) is 18.8 Å². The summed E-state index contributed by atoms with van der Waals surface area (Å²) < 4.78 is 19.3. The Balaban J connectivity index is 1.60. The van der Waals surface area contributed by atoms with Gasteiger partial charge < -0.3 is 20.5 Å². The Labute approximate surface area is 196 Å². The van der Waals surface area contributed by atoms with Crippen LogP contribution in [-0.2, 0) is 29.1 Å². The van der Waals surface area contributed by atoms with E-state index in [0.29, 0.717) is 0 Å². The van der Waals surface area contributed by atoms with Gasteiger partial charge in [0.2, 0.25) is 0 Å². The van der Waals surface area contributed by atoms with Crippen molar-refractivity contribution in [3.8, 4) is 0 Å². The lowest BCUT2D eigenvalue weighted by molar-refractivity contribution is -0.120. The molecule has 3 N–H and O–H groups in total. The third-order valence-corrected chi connectivity index (χ3v) is 5.08. The van der Waals surface area contributed by atoms with Crippen LogP contribution in [0.25, 0.3) is 0 Å². The van der Waals surface area contributed by atoms with E-state index in [4.69, 9.17) is 9.84 Å². The van der Waals surface area contributed by atoms with Crippen molar-refractivity contribution >= 4 is 17.8 Å². The molecule has 0 radical (unpaired) electrons. The Bertz CT molecular complexity index is 1120. The van der Waals surface area contributed by atoms with Crippen molar-refractivity contribution in [2.24, 2.45) is 0 Å². The van der Waals surface area contributed by atoms with Crippen molar-refractivity contribution in [2.75, 3.05) is 6.54 Å². The first-order valence-corrected chi connectivity index (χ1v) is 10.7. The summed E-state index contributed by atoms with van der Waals surface area (Å²) in [5.74, 6) is -2.07. The number of carboxylic acids is 1. The van der Waals surface area contributed by atoms with Gasteiger partial charge in [-0.15, -0.1) is 0 Å². The number of rotatable bonds is 11. The highest BCUT2D eigenvalue weighted by Crippen LogP contribution is 2.11. The summed E-state index contributed by atoms with van der Waals surface area (Å²) in [5.41, 5.74) is 1.75. The zero-order valence-electron chi connectivity index (χ0n) is 18.4. The van der Waals surface area contributed by atoms with E-state index in [1.807, 2.05) is 60.7 Å². The highest BCUT2D eigenvalue weighted by atomic mass is 19.1.